The van der Waals surface area contributed by atoms with Gasteiger partial charge in [-0.25, -0.2) is 0 Å². The van der Waals surface area contributed by atoms with Crippen molar-refractivity contribution in [3.05, 3.63) is 0 Å². The van der Waals surface area contributed by atoms with Crippen molar-refractivity contribution in [2.75, 3.05) is 5.75 Å². The zero-order valence-electron chi connectivity index (χ0n) is 9.11. The first kappa shape index (κ1) is 11.6. The Balaban J connectivity index is 1.90. The van der Waals surface area contributed by atoms with Crippen LogP contribution in [0.3, 0.4) is 0 Å². The van der Waals surface area contributed by atoms with Crippen LogP contribution in [-0.2, 0) is 15.6 Å². The second-order valence-electron chi connectivity index (χ2n) is 4.64. The van der Waals surface area contributed by atoms with Gasteiger partial charge in [0, 0.05) is 34.0 Å². The lowest BCUT2D eigenvalue weighted by Crippen LogP contribution is -2.39. The maximum absolute atomic E-state index is 11.9. The van der Waals surface area contributed by atoms with Gasteiger partial charge in [-0.2, -0.15) is 0 Å². The van der Waals surface area contributed by atoms with E-state index in [4.69, 9.17) is 0 Å². The molecule has 2 bridgehead atoms. The number of fused-ring (bicyclic) bond motifs is 2. The number of carbonyl (C=O) groups excluding carboxylic acids is 1. The number of carbonyl (C=O) groups is 1. The third kappa shape index (κ3) is 2.84. The number of rotatable bonds is 2. The minimum absolute atomic E-state index is 0.215. The lowest BCUT2D eigenvalue weighted by atomic mass is 9.91. The monoisotopic (exact) mass is 246 g/mol. The van der Waals surface area contributed by atoms with Crippen molar-refractivity contribution >= 4 is 27.7 Å². The molecule has 0 aromatic carbocycles. The van der Waals surface area contributed by atoms with Gasteiger partial charge in [-0.15, -0.1) is 0 Å². The summed E-state index contributed by atoms with van der Waals surface area (Å²) in [5.41, 5.74) is 0. The van der Waals surface area contributed by atoms with Crippen LogP contribution >= 0.6 is 11.8 Å². The molecule has 0 radical (unpaired) electrons. The highest BCUT2D eigenvalue weighted by atomic mass is 32.2. The van der Waals surface area contributed by atoms with Gasteiger partial charge in [0.05, 0.1) is 0 Å². The Morgan fingerprint density at radius 1 is 1.33 bits per heavy atom. The molecule has 2 unspecified atom stereocenters. The molecule has 0 spiro atoms. The second-order valence-corrected chi connectivity index (χ2v) is 7.83. The molecular formula is C11H18O2S2. The largest absolute Gasteiger partial charge is 0.288 e. The van der Waals surface area contributed by atoms with Gasteiger partial charge >= 0.3 is 0 Å². The van der Waals surface area contributed by atoms with Gasteiger partial charge in [-0.1, -0.05) is 18.2 Å². The first-order chi connectivity index (χ1) is 7.16. The van der Waals surface area contributed by atoms with E-state index in [2.05, 4.69) is 0 Å². The molecule has 0 aliphatic carbocycles. The van der Waals surface area contributed by atoms with Gasteiger partial charge in [0.15, 0.2) is 5.12 Å². The summed E-state index contributed by atoms with van der Waals surface area (Å²) in [5, 5.41) is 1.09. The summed E-state index contributed by atoms with van der Waals surface area (Å²) in [7, 11) is -0.565. The second kappa shape index (κ2) is 5.00. The van der Waals surface area contributed by atoms with E-state index in [1.54, 1.807) is 6.92 Å². The van der Waals surface area contributed by atoms with Crippen LogP contribution in [0.1, 0.15) is 39.0 Å². The molecule has 2 aliphatic heterocycles. The summed E-state index contributed by atoms with van der Waals surface area (Å²) in [5.74, 6) is 1.58. The third-order valence-electron chi connectivity index (χ3n) is 3.42. The topological polar surface area (TPSA) is 34.1 Å². The quantitative estimate of drug-likeness (QED) is 0.750. The Labute approximate surface area is 98.0 Å². The molecule has 4 heteroatoms. The first-order valence-corrected chi connectivity index (χ1v) is 7.95. The summed E-state index contributed by atoms with van der Waals surface area (Å²) >= 11 is 1.44. The maximum atomic E-state index is 11.9. The fourth-order valence-corrected chi connectivity index (χ4v) is 5.72. The summed E-state index contributed by atoms with van der Waals surface area (Å²) in [6.45, 7) is 1.63. The van der Waals surface area contributed by atoms with Crippen molar-refractivity contribution in [1.29, 1.82) is 0 Å². The molecular weight excluding hydrogens is 228 g/mol. The minimum atomic E-state index is -0.565. The number of hydrogen-bond donors (Lipinski definition) is 0. The van der Waals surface area contributed by atoms with Crippen LogP contribution in [0.5, 0.6) is 0 Å². The molecule has 2 fully saturated rings. The molecule has 0 aromatic heterocycles. The summed E-state index contributed by atoms with van der Waals surface area (Å²) in [6.07, 6.45) is 5.72. The molecule has 0 amide bonds. The van der Waals surface area contributed by atoms with E-state index in [0.29, 0.717) is 16.4 Å². The van der Waals surface area contributed by atoms with Crippen LogP contribution in [0.2, 0.25) is 0 Å². The van der Waals surface area contributed by atoms with Crippen LogP contribution < -0.4 is 0 Å². The smallest absolute Gasteiger partial charge is 0.185 e. The van der Waals surface area contributed by atoms with E-state index in [9.17, 15) is 9.00 Å². The zero-order chi connectivity index (χ0) is 10.8. The fraction of sp³-hybridized carbons (Fsp3) is 0.909. The molecule has 2 heterocycles. The number of thioether (sulfide) groups is 1. The van der Waals surface area contributed by atoms with Crippen molar-refractivity contribution in [1.82, 2.24) is 0 Å². The molecule has 0 saturated carbocycles. The van der Waals surface area contributed by atoms with E-state index in [0.717, 1.165) is 31.4 Å². The Kier molecular flexibility index (Phi) is 3.88. The van der Waals surface area contributed by atoms with Crippen LogP contribution in [-0.4, -0.2) is 25.6 Å². The van der Waals surface area contributed by atoms with Gasteiger partial charge in [0.1, 0.15) is 0 Å². The number of hydrogen-bond acceptors (Lipinski definition) is 3. The predicted octanol–water partition coefficient (Wildman–Crippen LogP) is 2.35. The molecule has 0 N–H and O–H groups in total. The van der Waals surface area contributed by atoms with Crippen molar-refractivity contribution < 1.29 is 9.00 Å². The van der Waals surface area contributed by atoms with Crippen molar-refractivity contribution in [3.63, 3.8) is 0 Å². The van der Waals surface area contributed by atoms with Crippen molar-refractivity contribution in [2.45, 2.75) is 49.5 Å². The SMILES string of the molecule is CC(=O)SCC1CC2CCCC(C1)S2=O. The van der Waals surface area contributed by atoms with Crippen LogP contribution in [0, 0.1) is 5.92 Å². The molecule has 0 aromatic rings. The Bertz CT molecular complexity index is 262. The Hall–Kier alpha value is 0.170. The molecule has 86 valence electrons. The van der Waals surface area contributed by atoms with Gasteiger partial charge in [0.25, 0.3) is 0 Å². The Morgan fingerprint density at radius 2 is 1.93 bits per heavy atom. The average Bonchev–Trinajstić information content (AvgIpc) is 2.15. The van der Waals surface area contributed by atoms with Crippen molar-refractivity contribution in [2.24, 2.45) is 5.92 Å². The average molecular weight is 246 g/mol. The van der Waals surface area contributed by atoms with Gasteiger partial charge < -0.3 is 0 Å². The highest BCUT2D eigenvalue weighted by Crippen LogP contribution is 2.38. The molecule has 2 atom stereocenters. The first-order valence-electron chi connectivity index (χ1n) is 5.69. The highest BCUT2D eigenvalue weighted by molar-refractivity contribution is 8.13. The summed E-state index contributed by atoms with van der Waals surface area (Å²) in [6, 6.07) is 0. The summed E-state index contributed by atoms with van der Waals surface area (Å²) in [4.78, 5) is 10.9. The normalized spacial score (nSPS) is 40.1. The molecule has 15 heavy (non-hydrogen) atoms. The molecule has 2 saturated heterocycles. The van der Waals surface area contributed by atoms with Gasteiger partial charge in [-0.3, -0.25) is 9.00 Å². The third-order valence-corrected chi connectivity index (χ3v) is 6.64. The van der Waals surface area contributed by atoms with Crippen LogP contribution in [0.15, 0.2) is 0 Å². The predicted molar refractivity (Wildman–Crippen MR) is 65.4 cm³/mol. The van der Waals surface area contributed by atoms with E-state index in [1.807, 2.05) is 0 Å². The van der Waals surface area contributed by atoms with Gasteiger partial charge in [-0.05, 0) is 31.6 Å². The molecule has 2 nitrogen and oxygen atoms in total. The minimum Gasteiger partial charge on any atom is -0.288 e. The van der Waals surface area contributed by atoms with Crippen LogP contribution in [0.4, 0.5) is 0 Å². The molecule has 2 aliphatic rings. The fourth-order valence-electron chi connectivity index (χ4n) is 2.71. The van der Waals surface area contributed by atoms with E-state index < -0.39 is 10.8 Å². The Morgan fingerprint density at radius 3 is 2.47 bits per heavy atom. The van der Waals surface area contributed by atoms with E-state index in [1.165, 1.54) is 18.2 Å². The van der Waals surface area contributed by atoms with Gasteiger partial charge in [0.2, 0.25) is 0 Å². The summed E-state index contributed by atoms with van der Waals surface area (Å²) < 4.78 is 11.9. The zero-order valence-corrected chi connectivity index (χ0v) is 10.7. The van der Waals surface area contributed by atoms with Crippen LogP contribution in [0.25, 0.3) is 0 Å². The lowest BCUT2D eigenvalue weighted by molar-refractivity contribution is -0.109. The maximum Gasteiger partial charge on any atom is 0.185 e. The highest BCUT2D eigenvalue weighted by Gasteiger charge is 2.37. The van der Waals surface area contributed by atoms with E-state index in [-0.39, 0.29) is 5.12 Å². The van der Waals surface area contributed by atoms with E-state index >= 15 is 0 Å². The standard InChI is InChI=1S/C11H18O2S2/c1-8(12)14-7-9-5-10-3-2-4-11(6-9)15(10)13/h9-11H,2-7H2,1H3. The van der Waals surface area contributed by atoms with Crippen molar-refractivity contribution in [3.8, 4) is 0 Å². The molecule has 2 rings (SSSR count). The lowest BCUT2D eigenvalue weighted by Gasteiger charge is -2.38.